The molecule has 0 aromatic heterocycles. The summed E-state index contributed by atoms with van der Waals surface area (Å²) in [6.07, 6.45) is 3.99. The number of rotatable bonds is 6. The van der Waals surface area contributed by atoms with Crippen LogP contribution in [0.1, 0.15) is 50.7 Å². The number of nitrogens with one attached hydrogen (secondary N) is 2. The van der Waals surface area contributed by atoms with Gasteiger partial charge in [0.2, 0.25) is 5.91 Å². The summed E-state index contributed by atoms with van der Waals surface area (Å²) in [5, 5.41) is 6.91. The van der Waals surface area contributed by atoms with Gasteiger partial charge in [-0.15, -0.1) is 0 Å². The van der Waals surface area contributed by atoms with Crippen molar-refractivity contribution in [1.82, 2.24) is 15.5 Å². The number of carbonyl (C=O) groups is 1. The molecule has 26 heavy (non-hydrogen) atoms. The molecule has 1 atom stereocenters. The van der Waals surface area contributed by atoms with Crippen LogP contribution in [0.5, 0.6) is 0 Å². The van der Waals surface area contributed by atoms with Crippen molar-refractivity contribution in [2.75, 3.05) is 26.2 Å². The number of hydrogen-bond acceptors (Lipinski definition) is 2. The van der Waals surface area contributed by atoms with Gasteiger partial charge in [0.05, 0.1) is 6.54 Å². The number of amides is 1. The van der Waals surface area contributed by atoms with E-state index in [1.54, 1.807) is 0 Å². The molecule has 1 amide bonds. The number of guanidine groups is 1. The van der Waals surface area contributed by atoms with Gasteiger partial charge in [-0.05, 0) is 44.2 Å². The van der Waals surface area contributed by atoms with E-state index in [0.717, 1.165) is 38.6 Å². The van der Waals surface area contributed by atoms with E-state index in [4.69, 9.17) is 4.99 Å². The van der Waals surface area contributed by atoms with Gasteiger partial charge < -0.3 is 15.5 Å². The summed E-state index contributed by atoms with van der Waals surface area (Å²) < 4.78 is 0. The molecule has 2 aliphatic rings. The van der Waals surface area contributed by atoms with Crippen molar-refractivity contribution in [1.29, 1.82) is 0 Å². The topological polar surface area (TPSA) is 56.7 Å². The van der Waals surface area contributed by atoms with Crippen LogP contribution in [0.15, 0.2) is 29.3 Å². The SMILES string of the molecule is CCNC(=NCC1(c2ccccc2C)CC1)NC1CCN(C(=O)CC)C1. The lowest BCUT2D eigenvalue weighted by atomic mass is 9.92. The van der Waals surface area contributed by atoms with Gasteiger partial charge in [-0.2, -0.15) is 0 Å². The average molecular weight is 357 g/mol. The fourth-order valence-corrected chi connectivity index (χ4v) is 3.90. The molecule has 1 aliphatic carbocycles. The predicted molar refractivity (Wildman–Crippen MR) is 106 cm³/mol. The highest BCUT2D eigenvalue weighted by atomic mass is 16.2. The normalized spacial score (nSPS) is 21.6. The fourth-order valence-electron chi connectivity index (χ4n) is 3.90. The highest BCUT2D eigenvalue weighted by Gasteiger charge is 2.45. The molecule has 1 saturated carbocycles. The minimum Gasteiger partial charge on any atom is -0.357 e. The Balaban J connectivity index is 1.63. The molecule has 1 aromatic carbocycles. The first-order chi connectivity index (χ1) is 12.6. The number of benzene rings is 1. The number of nitrogens with zero attached hydrogens (tertiary/aromatic N) is 2. The zero-order valence-corrected chi connectivity index (χ0v) is 16.3. The second kappa shape index (κ2) is 8.11. The summed E-state index contributed by atoms with van der Waals surface area (Å²) in [4.78, 5) is 18.7. The minimum atomic E-state index is 0.216. The van der Waals surface area contributed by atoms with Gasteiger partial charge in [0.25, 0.3) is 0 Å². The fraction of sp³-hybridized carbons (Fsp3) is 0.619. The first-order valence-corrected chi connectivity index (χ1v) is 9.96. The third kappa shape index (κ3) is 4.19. The number of aryl methyl sites for hydroxylation is 1. The number of aliphatic imine (C=N–C) groups is 1. The Labute approximate surface area is 157 Å². The van der Waals surface area contributed by atoms with Crippen LogP contribution in [0.3, 0.4) is 0 Å². The Morgan fingerprint density at radius 2 is 2.08 bits per heavy atom. The van der Waals surface area contributed by atoms with Crippen LogP contribution < -0.4 is 10.6 Å². The predicted octanol–water partition coefficient (Wildman–Crippen LogP) is 2.59. The maximum Gasteiger partial charge on any atom is 0.222 e. The summed E-state index contributed by atoms with van der Waals surface area (Å²) in [6, 6.07) is 8.97. The van der Waals surface area contributed by atoms with Gasteiger partial charge in [-0.25, -0.2) is 0 Å². The molecule has 2 fully saturated rings. The smallest absolute Gasteiger partial charge is 0.222 e. The van der Waals surface area contributed by atoms with Crippen LogP contribution >= 0.6 is 0 Å². The molecule has 1 heterocycles. The molecule has 5 nitrogen and oxygen atoms in total. The molecular formula is C21H32N4O. The van der Waals surface area contributed by atoms with E-state index < -0.39 is 0 Å². The largest absolute Gasteiger partial charge is 0.357 e. The van der Waals surface area contributed by atoms with Crippen LogP contribution in [0.4, 0.5) is 0 Å². The lowest BCUT2D eigenvalue weighted by Gasteiger charge is -2.20. The summed E-state index contributed by atoms with van der Waals surface area (Å²) in [5.41, 5.74) is 3.02. The van der Waals surface area contributed by atoms with E-state index in [9.17, 15) is 4.79 Å². The summed E-state index contributed by atoms with van der Waals surface area (Å²) in [7, 11) is 0. The third-order valence-electron chi connectivity index (χ3n) is 5.64. The van der Waals surface area contributed by atoms with Crippen LogP contribution in [-0.2, 0) is 10.2 Å². The first kappa shape index (κ1) is 18.7. The van der Waals surface area contributed by atoms with Gasteiger partial charge in [0, 0.05) is 37.5 Å². The van der Waals surface area contributed by atoms with Crippen LogP contribution in [0.2, 0.25) is 0 Å². The number of likely N-dealkylation sites (tertiary alicyclic amines) is 1. The Morgan fingerprint density at radius 3 is 2.73 bits per heavy atom. The van der Waals surface area contributed by atoms with E-state index >= 15 is 0 Å². The monoisotopic (exact) mass is 356 g/mol. The molecule has 5 heteroatoms. The van der Waals surface area contributed by atoms with Crippen molar-refractivity contribution in [3.8, 4) is 0 Å². The zero-order valence-electron chi connectivity index (χ0n) is 16.3. The van der Waals surface area contributed by atoms with E-state index in [0.29, 0.717) is 6.42 Å². The van der Waals surface area contributed by atoms with Gasteiger partial charge in [-0.1, -0.05) is 31.2 Å². The number of carbonyl (C=O) groups excluding carboxylic acids is 1. The van der Waals surface area contributed by atoms with Gasteiger partial charge >= 0.3 is 0 Å². The van der Waals surface area contributed by atoms with E-state index in [-0.39, 0.29) is 17.4 Å². The second-order valence-electron chi connectivity index (χ2n) is 7.61. The molecule has 1 unspecified atom stereocenters. The van der Waals surface area contributed by atoms with E-state index in [1.165, 1.54) is 24.0 Å². The van der Waals surface area contributed by atoms with Crippen molar-refractivity contribution in [2.45, 2.75) is 57.9 Å². The summed E-state index contributed by atoms with van der Waals surface area (Å²) in [5.74, 6) is 1.12. The lowest BCUT2D eigenvalue weighted by Crippen LogP contribution is -2.45. The molecule has 1 saturated heterocycles. The molecule has 2 N–H and O–H groups in total. The highest BCUT2D eigenvalue weighted by Crippen LogP contribution is 2.49. The highest BCUT2D eigenvalue weighted by molar-refractivity contribution is 5.81. The molecule has 0 bridgehead atoms. The van der Waals surface area contributed by atoms with Gasteiger partial charge in [-0.3, -0.25) is 9.79 Å². The van der Waals surface area contributed by atoms with Crippen molar-refractivity contribution in [3.63, 3.8) is 0 Å². The van der Waals surface area contributed by atoms with Gasteiger partial charge in [0.15, 0.2) is 5.96 Å². The van der Waals surface area contributed by atoms with Gasteiger partial charge in [0.1, 0.15) is 0 Å². The third-order valence-corrected chi connectivity index (χ3v) is 5.64. The Hall–Kier alpha value is -2.04. The maximum atomic E-state index is 11.9. The molecule has 1 aromatic rings. The molecular weight excluding hydrogens is 324 g/mol. The molecule has 3 rings (SSSR count). The molecule has 1 aliphatic heterocycles. The molecule has 0 spiro atoms. The average Bonchev–Trinajstić information content (AvgIpc) is 3.29. The van der Waals surface area contributed by atoms with Crippen LogP contribution in [-0.4, -0.2) is 49.0 Å². The quantitative estimate of drug-likeness (QED) is 0.608. The lowest BCUT2D eigenvalue weighted by molar-refractivity contribution is -0.129. The molecule has 142 valence electrons. The van der Waals surface area contributed by atoms with Crippen molar-refractivity contribution >= 4 is 11.9 Å². The summed E-state index contributed by atoms with van der Waals surface area (Å²) in [6.45, 7) is 9.49. The van der Waals surface area contributed by atoms with E-state index in [1.807, 2.05) is 11.8 Å². The minimum absolute atomic E-state index is 0.216. The van der Waals surface area contributed by atoms with Crippen LogP contribution in [0.25, 0.3) is 0 Å². The maximum absolute atomic E-state index is 11.9. The van der Waals surface area contributed by atoms with Crippen molar-refractivity contribution in [3.05, 3.63) is 35.4 Å². The number of hydrogen-bond donors (Lipinski definition) is 2. The second-order valence-corrected chi connectivity index (χ2v) is 7.61. The first-order valence-electron chi connectivity index (χ1n) is 9.96. The van der Waals surface area contributed by atoms with Crippen LogP contribution in [0, 0.1) is 6.92 Å². The Kier molecular flexibility index (Phi) is 5.84. The molecule has 0 radical (unpaired) electrons. The Morgan fingerprint density at radius 1 is 1.31 bits per heavy atom. The summed E-state index contributed by atoms with van der Waals surface area (Å²) >= 11 is 0. The van der Waals surface area contributed by atoms with E-state index in [2.05, 4.69) is 48.7 Å². The Bertz CT molecular complexity index is 666. The zero-order chi connectivity index (χ0) is 18.6. The standard InChI is InChI=1S/C21H32N4O/c1-4-19(26)25-13-10-17(14-25)24-20(22-5-2)23-15-21(11-12-21)18-9-7-6-8-16(18)3/h6-9,17H,4-5,10-15H2,1-3H3,(H2,22,23,24). The van der Waals surface area contributed by atoms with Crippen molar-refractivity contribution < 1.29 is 4.79 Å². The van der Waals surface area contributed by atoms with Crippen molar-refractivity contribution in [2.24, 2.45) is 4.99 Å².